The van der Waals surface area contributed by atoms with Crippen molar-refractivity contribution in [2.45, 2.75) is 64.6 Å². The lowest BCUT2D eigenvalue weighted by atomic mass is 9.78. The van der Waals surface area contributed by atoms with Gasteiger partial charge in [-0.3, -0.25) is 4.98 Å². The normalized spacial score (nSPS) is 23.3. The van der Waals surface area contributed by atoms with E-state index in [0.29, 0.717) is 5.92 Å². The van der Waals surface area contributed by atoms with E-state index >= 15 is 0 Å². The van der Waals surface area contributed by atoms with E-state index < -0.39 is 0 Å². The first kappa shape index (κ1) is 18.9. The van der Waals surface area contributed by atoms with Crippen molar-refractivity contribution in [2.24, 2.45) is 0 Å². The first-order valence-corrected chi connectivity index (χ1v) is 10.1. The summed E-state index contributed by atoms with van der Waals surface area (Å²) >= 11 is 0. The molecule has 0 N–H and O–H groups in total. The van der Waals surface area contributed by atoms with Gasteiger partial charge in [-0.1, -0.05) is 12.1 Å². The molecule has 2 aliphatic rings. The highest BCUT2D eigenvalue weighted by Crippen LogP contribution is 2.37. The second-order valence-corrected chi connectivity index (χ2v) is 9.31. The Balaban J connectivity index is 1.67. The quantitative estimate of drug-likeness (QED) is 0.760. The molecule has 1 aromatic heterocycles. The minimum Gasteiger partial charge on any atom is -0.399 e. The maximum Gasteiger partial charge on any atom is 0.494 e. The zero-order valence-corrected chi connectivity index (χ0v) is 17.5. The largest absolute Gasteiger partial charge is 0.494 e. The average molecular weight is 366 g/mol. The number of aromatic nitrogens is 1. The van der Waals surface area contributed by atoms with Crippen LogP contribution in [0.4, 0.5) is 0 Å². The predicted molar refractivity (Wildman–Crippen MR) is 112 cm³/mol. The Morgan fingerprint density at radius 2 is 1.67 bits per heavy atom. The number of aryl methyl sites for hydroxylation is 1. The topological polar surface area (TPSA) is 34.6 Å². The van der Waals surface area contributed by atoms with E-state index in [-0.39, 0.29) is 18.3 Å². The van der Waals surface area contributed by atoms with E-state index in [9.17, 15) is 0 Å². The summed E-state index contributed by atoms with van der Waals surface area (Å²) in [4.78, 5) is 7.50. The molecule has 5 heteroatoms. The fourth-order valence-electron chi connectivity index (χ4n) is 4.13. The zero-order valence-electron chi connectivity index (χ0n) is 17.5. The van der Waals surface area contributed by atoms with Crippen LogP contribution in [0.5, 0.6) is 0 Å². The van der Waals surface area contributed by atoms with Crippen LogP contribution in [0.2, 0.25) is 0 Å². The second kappa shape index (κ2) is 6.58. The molecule has 3 heterocycles. The molecule has 0 radical (unpaired) electrons. The summed E-state index contributed by atoms with van der Waals surface area (Å²) in [5.41, 5.74) is 4.01. The first-order chi connectivity index (χ1) is 12.7. The third-order valence-electron chi connectivity index (χ3n) is 6.70. The Hall–Kier alpha value is -1.43. The van der Waals surface area contributed by atoms with Crippen LogP contribution in [0, 0.1) is 6.92 Å². The lowest BCUT2D eigenvalue weighted by molar-refractivity contribution is 0.00578. The Morgan fingerprint density at radius 3 is 2.30 bits per heavy atom. The van der Waals surface area contributed by atoms with Crippen LogP contribution in [0.15, 0.2) is 24.3 Å². The molecule has 0 unspecified atom stereocenters. The summed E-state index contributed by atoms with van der Waals surface area (Å²) in [6, 6.07) is 8.69. The summed E-state index contributed by atoms with van der Waals surface area (Å²) in [6.45, 7) is 12.9. The SMILES string of the molecule is Cc1cc2ccc(B3OC(C)(C)C(C)(C)O3)cc2nc1C1CCN(C)CC1. The van der Waals surface area contributed by atoms with E-state index in [1.54, 1.807) is 0 Å². The van der Waals surface area contributed by atoms with Crippen LogP contribution in [-0.2, 0) is 9.31 Å². The number of likely N-dealkylation sites (tertiary alicyclic amines) is 1. The molecule has 4 nitrogen and oxygen atoms in total. The number of nitrogens with zero attached hydrogens (tertiary/aromatic N) is 2. The molecular formula is C22H31BN2O2. The molecule has 2 saturated heterocycles. The van der Waals surface area contributed by atoms with Gasteiger partial charge < -0.3 is 14.2 Å². The van der Waals surface area contributed by atoms with E-state index in [2.05, 4.69) is 70.8 Å². The molecule has 0 aliphatic carbocycles. The van der Waals surface area contributed by atoms with Crippen molar-refractivity contribution in [2.75, 3.05) is 20.1 Å². The number of hydrogen-bond acceptors (Lipinski definition) is 4. The maximum absolute atomic E-state index is 6.23. The molecule has 0 spiro atoms. The molecule has 0 amide bonds. The van der Waals surface area contributed by atoms with Crippen molar-refractivity contribution >= 4 is 23.5 Å². The molecule has 2 aliphatic heterocycles. The van der Waals surface area contributed by atoms with Crippen molar-refractivity contribution in [1.29, 1.82) is 0 Å². The van der Waals surface area contributed by atoms with Gasteiger partial charge in [-0.15, -0.1) is 0 Å². The summed E-state index contributed by atoms with van der Waals surface area (Å²) in [6.07, 6.45) is 2.37. The van der Waals surface area contributed by atoms with Gasteiger partial charge in [-0.05, 0) is 90.8 Å². The summed E-state index contributed by atoms with van der Waals surface area (Å²) in [7, 11) is 1.86. The lowest BCUT2D eigenvalue weighted by Gasteiger charge is -2.32. The van der Waals surface area contributed by atoms with Gasteiger partial charge in [0, 0.05) is 17.0 Å². The van der Waals surface area contributed by atoms with E-state index in [4.69, 9.17) is 14.3 Å². The lowest BCUT2D eigenvalue weighted by Crippen LogP contribution is -2.41. The molecular weight excluding hydrogens is 335 g/mol. The highest BCUT2D eigenvalue weighted by atomic mass is 16.7. The molecule has 0 saturated carbocycles. The number of hydrogen-bond donors (Lipinski definition) is 0. The van der Waals surface area contributed by atoms with Crippen molar-refractivity contribution < 1.29 is 9.31 Å². The van der Waals surface area contributed by atoms with Gasteiger partial charge in [0.05, 0.1) is 16.7 Å². The van der Waals surface area contributed by atoms with Gasteiger partial charge in [0.25, 0.3) is 0 Å². The number of pyridine rings is 1. The van der Waals surface area contributed by atoms with Crippen molar-refractivity contribution in [3.63, 3.8) is 0 Å². The first-order valence-electron chi connectivity index (χ1n) is 10.1. The van der Waals surface area contributed by atoms with Crippen molar-refractivity contribution in [3.8, 4) is 0 Å². The molecule has 0 atom stereocenters. The van der Waals surface area contributed by atoms with Gasteiger partial charge in [-0.2, -0.15) is 0 Å². The van der Waals surface area contributed by atoms with E-state index in [0.717, 1.165) is 24.1 Å². The molecule has 4 rings (SSSR count). The molecule has 1 aromatic carbocycles. The van der Waals surface area contributed by atoms with E-state index in [1.165, 1.54) is 29.5 Å². The Labute approximate surface area is 163 Å². The zero-order chi connectivity index (χ0) is 19.4. The van der Waals surface area contributed by atoms with Crippen molar-refractivity contribution in [1.82, 2.24) is 9.88 Å². The molecule has 144 valence electrons. The third kappa shape index (κ3) is 3.41. The smallest absolute Gasteiger partial charge is 0.399 e. The summed E-state index contributed by atoms with van der Waals surface area (Å²) < 4.78 is 12.5. The number of benzene rings is 1. The Morgan fingerprint density at radius 1 is 1.04 bits per heavy atom. The molecule has 27 heavy (non-hydrogen) atoms. The summed E-state index contributed by atoms with van der Waals surface area (Å²) in [5.74, 6) is 0.561. The van der Waals surface area contributed by atoms with Gasteiger partial charge in [0.1, 0.15) is 0 Å². The Kier molecular flexibility index (Phi) is 4.61. The molecule has 2 fully saturated rings. The van der Waals surface area contributed by atoms with Gasteiger partial charge >= 0.3 is 7.12 Å². The van der Waals surface area contributed by atoms with Gasteiger partial charge in [0.15, 0.2) is 0 Å². The highest BCUT2D eigenvalue weighted by Gasteiger charge is 2.51. The maximum atomic E-state index is 6.23. The van der Waals surface area contributed by atoms with Crippen LogP contribution in [0.1, 0.15) is 57.7 Å². The minimum absolute atomic E-state index is 0.327. The minimum atomic E-state index is -0.339. The third-order valence-corrected chi connectivity index (χ3v) is 6.70. The predicted octanol–water partition coefficient (Wildman–Crippen LogP) is 3.65. The van der Waals surface area contributed by atoms with Gasteiger partial charge in [-0.25, -0.2) is 0 Å². The van der Waals surface area contributed by atoms with Crippen molar-refractivity contribution in [3.05, 3.63) is 35.5 Å². The molecule has 2 aromatic rings. The highest BCUT2D eigenvalue weighted by molar-refractivity contribution is 6.62. The monoisotopic (exact) mass is 366 g/mol. The van der Waals surface area contributed by atoms with Crippen LogP contribution in [-0.4, -0.2) is 48.3 Å². The Bertz CT molecular complexity index is 841. The standard InChI is InChI=1S/C22H31BN2O2/c1-15-13-17-7-8-18(23-26-21(2,3)22(4,5)27-23)14-19(17)24-20(15)16-9-11-25(6)12-10-16/h7-8,13-14,16H,9-12H2,1-6H3. The van der Waals surface area contributed by atoms with Crippen LogP contribution in [0.25, 0.3) is 10.9 Å². The second-order valence-electron chi connectivity index (χ2n) is 9.31. The number of rotatable bonds is 2. The fraction of sp³-hybridized carbons (Fsp3) is 0.591. The van der Waals surface area contributed by atoms with Gasteiger partial charge in [0.2, 0.25) is 0 Å². The molecule has 0 bridgehead atoms. The summed E-state index contributed by atoms with van der Waals surface area (Å²) in [5, 5.41) is 1.18. The fourth-order valence-corrected chi connectivity index (χ4v) is 4.13. The number of fused-ring (bicyclic) bond motifs is 1. The van der Waals surface area contributed by atoms with Crippen LogP contribution >= 0.6 is 0 Å². The van der Waals surface area contributed by atoms with Crippen LogP contribution in [0.3, 0.4) is 0 Å². The van der Waals surface area contributed by atoms with Crippen LogP contribution < -0.4 is 5.46 Å². The number of piperidine rings is 1. The van der Waals surface area contributed by atoms with E-state index in [1.807, 2.05) is 0 Å². The average Bonchev–Trinajstić information content (AvgIpc) is 2.82.